The second-order valence-corrected chi connectivity index (χ2v) is 6.54. The quantitative estimate of drug-likeness (QED) is 0.849. The number of nitrogens with one attached hydrogen (secondary N) is 1. The van der Waals surface area contributed by atoms with Gasteiger partial charge in [0.05, 0.1) is 21.5 Å². The molecule has 2 rings (SSSR count). The number of aliphatic carboxylic acids is 1. The Hall–Kier alpha value is -1.79. The SMILES string of the molecule is C[C@@H](NC(=O)c1cccc(Cl)c1Cl)C(=O)N1CCC[C@@H](C(=O)O)C1. The van der Waals surface area contributed by atoms with Gasteiger partial charge in [-0.25, -0.2) is 0 Å². The molecule has 24 heavy (non-hydrogen) atoms. The molecule has 0 unspecified atom stereocenters. The minimum Gasteiger partial charge on any atom is -0.481 e. The molecule has 130 valence electrons. The van der Waals surface area contributed by atoms with Gasteiger partial charge in [0.2, 0.25) is 5.91 Å². The first-order valence-corrected chi connectivity index (χ1v) is 8.33. The van der Waals surface area contributed by atoms with Crippen LogP contribution in [0.4, 0.5) is 0 Å². The maximum absolute atomic E-state index is 12.4. The highest BCUT2D eigenvalue weighted by Gasteiger charge is 2.31. The molecule has 0 aromatic heterocycles. The van der Waals surface area contributed by atoms with E-state index >= 15 is 0 Å². The molecule has 6 nitrogen and oxygen atoms in total. The van der Waals surface area contributed by atoms with Crippen molar-refractivity contribution in [1.82, 2.24) is 10.2 Å². The largest absolute Gasteiger partial charge is 0.481 e. The Balaban J connectivity index is 2.02. The van der Waals surface area contributed by atoms with Crippen LogP contribution in [0.3, 0.4) is 0 Å². The molecule has 0 aliphatic carbocycles. The van der Waals surface area contributed by atoms with Crippen molar-refractivity contribution in [2.45, 2.75) is 25.8 Å². The third-order valence-corrected chi connectivity index (χ3v) is 4.82. The molecule has 0 spiro atoms. The number of nitrogens with zero attached hydrogens (tertiary/aromatic N) is 1. The molecular formula is C16H18Cl2N2O4. The summed E-state index contributed by atoms with van der Waals surface area (Å²) in [6, 6.07) is 3.88. The van der Waals surface area contributed by atoms with Crippen molar-refractivity contribution in [1.29, 1.82) is 0 Å². The van der Waals surface area contributed by atoms with Crippen LogP contribution in [-0.2, 0) is 9.59 Å². The van der Waals surface area contributed by atoms with Gasteiger partial charge in [-0.15, -0.1) is 0 Å². The number of carboxylic acid groups (broad SMARTS) is 1. The summed E-state index contributed by atoms with van der Waals surface area (Å²) < 4.78 is 0. The maximum Gasteiger partial charge on any atom is 0.308 e. The number of carbonyl (C=O) groups excluding carboxylic acids is 2. The highest BCUT2D eigenvalue weighted by atomic mass is 35.5. The van der Waals surface area contributed by atoms with Crippen molar-refractivity contribution >= 4 is 41.0 Å². The van der Waals surface area contributed by atoms with Gasteiger partial charge in [0.1, 0.15) is 6.04 Å². The first-order valence-electron chi connectivity index (χ1n) is 7.57. The van der Waals surface area contributed by atoms with E-state index in [1.165, 1.54) is 11.0 Å². The minimum absolute atomic E-state index is 0.125. The average molecular weight is 373 g/mol. The van der Waals surface area contributed by atoms with Gasteiger partial charge in [0.25, 0.3) is 5.91 Å². The molecule has 2 amide bonds. The Labute approximate surface area is 149 Å². The van der Waals surface area contributed by atoms with E-state index in [0.29, 0.717) is 19.4 Å². The molecule has 1 saturated heterocycles. The lowest BCUT2D eigenvalue weighted by atomic mass is 9.98. The van der Waals surface area contributed by atoms with Crippen LogP contribution in [0, 0.1) is 5.92 Å². The number of likely N-dealkylation sites (tertiary alicyclic amines) is 1. The van der Waals surface area contributed by atoms with Gasteiger partial charge < -0.3 is 15.3 Å². The lowest BCUT2D eigenvalue weighted by Gasteiger charge is -2.32. The molecule has 0 bridgehead atoms. The van der Waals surface area contributed by atoms with Gasteiger partial charge in [-0.2, -0.15) is 0 Å². The summed E-state index contributed by atoms with van der Waals surface area (Å²) in [4.78, 5) is 37.3. The third kappa shape index (κ3) is 4.19. The zero-order valence-electron chi connectivity index (χ0n) is 13.1. The fraction of sp³-hybridized carbons (Fsp3) is 0.438. The lowest BCUT2D eigenvalue weighted by Crippen LogP contribution is -2.51. The van der Waals surface area contributed by atoms with Crippen LogP contribution < -0.4 is 5.32 Å². The molecule has 1 aromatic rings. The maximum atomic E-state index is 12.4. The standard InChI is InChI=1S/C16H18Cl2N2O4/c1-9(15(22)20-7-3-4-10(8-20)16(23)24)19-14(21)11-5-2-6-12(17)13(11)18/h2,5-6,9-10H,3-4,7-8H2,1H3,(H,19,21)(H,23,24)/t9-,10-/m1/s1. The summed E-state index contributed by atoms with van der Waals surface area (Å²) in [5.74, 6) is -2.29. The summed E-state index contributed by atoms with van der Waals surface area (Å²) in [5.41, 5.74) is 0.186. The summed E-state index contributed by atoms with van der Waals surface area (Å²) in [6.45, 7) is 2.20. The monoisotopic (exact) mass is 372 g/mol. The Kier molecular flexibility index (Phi) is 6.07. The van der Waals surface area contributed by atoms with Crippen LogP contribution in [0.5, 0.6) is 0 Å². The van der Waals surface area contributed by atoms with E-state index in [9.17, 15) is 14.4 Å². The van der Waals surface area contributed by atoms with Crippen LogP contribution in [0.15, 0.2) is 18.2 Å². The van der Waals surface area contributed by atoms with Crippen molar-refractivity contribution in [3.63, 3.8) is 0 Å². The van der Waals surface area contributed by atoms with E-state index in [1.54, 1.807) is 19.1 Å². The van der Waals surface area contributed by atoms with E-state index in [1.807, 2.05) is 0 Å². The Morgan fingerprint density at radius 1 is 1.33 bits per heavy atom. The fourth-order valence-electron chi connectivity index (χ4n) is 2.67. The van der Waals surface area contributed by atoms with E-state index < -0.39 is 23.8 Å². The molecule has 1 fully saturated rings. The second kappa shape index (κ2) is 7.85. The van der Waals surface area contributed by atoms with Gasteiger partial charge in [-0.3, -0.25) is 14.4 Å². The van der Waals surface area contributed by atoms with Crippen molar-refractivity contribution in [2.75, 3.05) is 13.1 Å². The molecule has 2 atom stereocenters. The van der Waals surface area contributed by atoms with E-state index in [0.717, 1.165) is 0 Å². The van der Waals surface area contributed by atoms with E-state index in [2.05, 4.69) is 5.32 Å². The van der Waals surface area contributed by atoms with Crippen LogP contribution >= 0.6 is 23.2 Å². The summed E-state index contributed by atoms with van der Waals surface area (Å²) in [5, 5.41) is 12.1. The number of hydrogen-bond acceptors (Lipinski definition) is 3. The third-order valence-electron chi connectivity index (χ3n) is 4.00. The van der Waals surface area contributed by atoms with Crippen LogP contribution in [0.1, 0.15) is 30.1 Å². The zero-order valence-corrected chi connectivity index (χ0v) is 14.6. The molecule has 0 saturated carbocycles. The second-order valence-electron chi connectivity index (χ2n) is 5.76. The molecular weight excluding hydrogens is 355 g/mol. The fourth-order valence-corrected chi connectivity index (χ4v) is 3.05. The van der Waals surface area contributed by atoms with Crippen molar-refractivity contribution < 1.29 is 19.5 Å². The Bertz CT molecular complexity index is 665. The van der Waals surface area contributed by atoms with Gasteiger partial charge in [-0.1, -0.05) is 29.3 Å². The van der Waals surface area contributed by atoms with Gasteiger partial charge >= 0.3 is 5.97 Å². The highest BCUT2D eigenvalue weighted by molar-refractivity contribution is 6.43. The highest BCUT2D eigenvalue weighted by Crippen LogP contribution is 2.25. The Morgan fingerprint density at radius 3 is 2.71 bits per heavy atom. The summed E-state index contributed by atoms with van der Waals surface area (Å²) in [6.07, 6.45) is 1.18. The number of hydrogen-bond donors (Lipinski definition) is 2. The van der Waals surface area contributed by atoms with Crippen LogP contribution in [0.2, 0.25) is 10.0 Å². The first kappa shape index (κ1) is 18.5. The molecule has 1 heterocycles. The number of amides is 2. The molecule has 1 aromatic carbocycles. The minimum atomic E-state index is -0.908. The molecule has 1 aliphatic heterocycles. The topological polar surface area (TPSA) is 86.7 Å². The van der Waals surface area contributed by atoms with Crippen LogP contribution in [-0.4, -0.2) is 46.9 Å². The number of halogens is 2. The number of rotatable bonds is 4. The predicted molar refractivity (Wildman–Crippen MR) is 90.3 cm³/mol. The van der Waals surface area contributed by atoms with Crippen molar-refractivity contribution in [3.05, 3.63) is 33.8 Å². The van der Waals surface area contributed by atoms with Crippen LogP contribution in [0.25, 0.3) is 0 Å². The molecule has 0 radical (unpaired) electrons. The molecule has 8 heteroatoms. The number of carbonyl (C=O) groups is 3. The van der Waals surface area contributed by atoms with Gasteiger partial charge in [0, 0.05) is 13.1 Å². The predicted octanol–water partition coefficient (Wildman–Crippen LogP) is 2.43. The van der Waals surface area contributed by atoms with E-state index in [4.69, 9.17) is 28.3 Å². The summed E-state index contributed by atoms with van der Waals surface area (Å²) >= 11 is 11.9. The number of carboxylic acids is 1. The van der Waals surface area contributed by atoms with Crippen molar-refractivity contribution in [2.24, 2.45) is 5.92 Å². The summed E-state index contributed by atoms with van der Waals surface area (Å²) in [7, 11) is 0. The smallest absolute Gasteiger partial charge is 0.308 e. The first-order chi connectivity index (χ1) is 11.3. The number of piperidine rings is 1. The van der Waals surface area contributed by atoms with Gasteiger partial charge in [0.15, 0.2) is 0 Å². The Morgan fingerprint density at radius 2 is 2.04 bits per heavy atom. The van der Waals surface area contributed by atoms with Crippen molar-refractivity contribution in [3.8, 4) is 0 Å². The van der Waals surface area contributed by atoms with E-state index in [-0.39, 0.29) is 28.1 Å². The van der Waals surface area contributed by atoms with Gasteiger partial charge in [-0.05, 0) is 31.9 Å². The molecule has 2 N–H and O–H groups in total. The molecule has 1 aliphatic rings. The number of benzene rings is 1. The lowest BCUT2D eigenvalue weighted by molar-refractivity contribution is -0.146. The average Bonchev–Trinajstić information content (AvgIpc) is 2.56. The normalized spacial score (nSPS) is 18.8. The zero-order chi connectivity index (χ0) is 17.9.